The molecule has 2 aromatic rings. The summed E-state index contributed by atoms with van der Waals surface area (Å²) >= 11 is 12.2. The highest BCUT2D eigenvalue weighted by atomic mass is 35.5. The van der Waals surface area contributed by atoms with Crippen LogP contribution in [-0.4, -0.2) is 24.5 Å². The van der Waals surface area contributed by atoms with E-state index in [9.17, 15) is 9.59 Å². The van der Waals surface area contributed by atoms with Crippen LogP contribution in [0.5, 0.6) is 5.75 Å². The van der Waals surface area contributed by atoms with Gasteiger partial charge in [0.25, 0.3) is 11.8 Å². The number of anilines is 1. The van der Waals surface area contributed by atoms with Crippen LogP contribution >= 0.6 is 23.2 Å². The SMILES string of the molecule is Cc1cc(OCC(=O)Nc2ccc(Cl)c(C(=O)NC3CCCCC3)c2)ccc1Cl. The van der Waals surface area contributed by atoms with E-state index in [-0.39, 0.29) is 24.5 Å². The van der Waals surface area contributed by atoms with Gasteiger partial charge in [0.05, 0.1) is 10.6 Å². The monoisotopic (exact) mass is 434 g/mol. The number of aryl methyl sites for hydroxylation is 1. The third-order valence-electron chi connectivity index (χ3n) is 4.93. The predicted molar refractivity (Wildman–Crippen MR) is 116 cm³/mol. The van der Waals surface area contributed by atoms with Crippen LogP contribution in [0.3, 0.4) is 0 Å². The summed E-state index contributed by atoms with van der Waals surface area (Å²) in [6, 6.07) is 10.2. The minimum atomic E-state index is -0.335. The number of carbonyl (C=O) groups is 2. The fourth-order valence-corrected chi connectivity index (χ4v) is 3.66. The molecule has 0 heterocycles. The molecule has 7 heteroatoms. The molecule has 0 atom stereocenters. The van der Waals surface area contributed by atoms with Gasteiger partial charge in [-0.25, -0.2) is 0 Å². The molecule has 1 aliphatic rings. The Balaban J connectivity index is 1.58. The summed E-state index contributed by atoms with van der Waals surface area (Å²) in [4.78, 5) is 24.8. The zero-order valence-electron chi connectivity index (χ0n) is 16.3. The van der Waals surface area contributed by atoms with Crippen LogP contribution in [0, 0.1) is 6.92 Å². The molecule has 29 heavy (non-hydrogen) atoms. The molecule has 1 fully saturated rings. The molecule has 0 aromatic heterocycles. The zero-order valence-corrected chi connectivity index (χ0v) is 17.8. The van der Waals surface area contributed by atoms with Gasteiger partial charge in [0, 0.05) is 16.8 Å². The number of rotatable bonds is 6. The fourth-order valence-electron chi connectivity index (χ4n) is 3.34. The standard InChI is InChI=1S/C22H24Cl2N2O3/c1-14-11-17(8-10-19(14)23)29-13-21(27)25-16-7-9-20(24)18(12-16)22(28)26-15-5-3-2-4-6-15/h7-12,15H,2-6,13H2,1H3,(H,25,27)(H,26,28). The summed E-state index contributed by atoms with van der Waals surface area (Å²) in [6.45, 7) is 1.70. The summed E-state index contributed by atoms with van der Waals surface area (Å²) in [5, 5.41) is 6.77. The molecule has 2 N–H and O–H groups in total. The van der Waals surface area contributed by atoms with Crippen LogP contribution in [0.15, 0.2) is 36.4 Å². The maximum Gasteiger partial charge on any atom is 0.262 e. The zero-order chi connectivity index (χ0) is 20.8. The summed E-state index contributed by atoms with van der Waals surface area (Å²) < 4.78 is 5.50. The first kappa shape index (κ1) is 21.5. The Morgan fingerprint density at radius 2 is 1.76 bits per heavy atom. The lowest BCUT2D eigenvalue weighted by molar-refractivity contribution is -0.118. The van der Waals surface area contributed by atoms with Crippen LogP contribution in [0.25, 0.3) is 0 Å². The van der Waals surface area contributed by atoms with Gasteiger partial charge in [-0.05, 0) is 61.7 Å². The molecule has 1 saturated carbocycles. The van der Waals surface area contributed by atoms with Crippen LogP contribution in [0.2, 0.25) is 10.0 Å². The molecule has 0 radical (unpaired) electrons. The lowest BCUT2D eigenvalue weighted by Gasteiger charge is -2.23. The lowest BCUT2D eigenvalue weighted by atomic mass is 9.95. The Kier molecular flexibility index (Phi) is 7.40. The minimum Gasteiger partial charge on any atom is -0.484 e. The third-order valence-corrected chi connectivity index (χ3v) is 5.69. The first-order valence-corrected chi connectivity index (χ1v) is 10.5. The Morgan fingerprint density at radius 3 is 2.48 bits per heavy atom. The molecule has 0 bridgehead atoms. The van der Waals surface area contributed by atoms with Crippen molar-refractivity contribution in [2.45, 2.75) is 45.1 Å². The molecule has 2 aromatic carbocycles. The number of amides is 2. The van der Waals surface area contributed by atoms with Crippen LogP contribution in [-0.2, 0) is 4.79 Å². The number of hydrogen-bond acceptors (Lipinski definition) is 3. The van der Waals surface area contributed by atoms with Gasteiger partial charge in [-0.3, -0.25) is 9.59 Å². The number of carbonyl (C=O) groups excluding carboxylic acids is 2. The van der Waals surface area contributed by atoms with Gasteiger partial charge in [0.1, 0.15) is 5.75 Å². The van der Waals surface area contributed by atoms with Gasteiger partial charge in [0.2, 0.25) is 0 Å². The van der Waals surface area contributed by atoms with E-state index in [4.69, 9.17) is 27.9 Å². The van der Waals surface area contributed by atoms with Crippen molar-refractivity contribution in [2.75, 3.05) is 11.9 Å². The van der Waals surface area contributed by atoms with E-state index in [0.717, 1.165) is 31.2 Å². The fraction of sp³-hybridized carbons (Fsp3) is 0.364. The molecular weight excluding hydrogens is 411 g/mol. The number of nitrogens with one attached hydrogen (secondary N) is 2. The molecule has 0 saturated heterocycles. The molecule has 154 valence electrons. The van der Waals surface area contributed by atoms with Crippen molar-refractivity contribution in [1.29, 1.82) is 0 Å². The lowest BCUT2D eigenvalue weighted by Crippen LogP contribution is -2.36. The van der Waals surface area contributed by atoms with Crippen molar-refractivity contribution in [1.82, 2.24) is 5.32 Å². The minimum absolute atomic E-state index is 0.159. The van der Waals surface area contributed by atoms with Crippen molar-refractivity contribution < 1.29 is 14.3 Å². The second-order valence-electron chi connectivity index (χ2n) is 7.25. The van der Waals surface area contributed by atoms with Crippen LogP contribution in [0.1, 0.15) is 48.0 Å². The first-order chi connectivity index (χ1) is 13.9. The van der Waals surface area contributed by atoms with E-state index in [0.29, 0.717) is 27.0 Å². The maximum absolute atomic E-state index is 12.6. The quantitative estimate of drug-likeness (QED) is 0.640. The van der Waals surface area contributed by atoms with E-state index >= 15 is 0 Å². The van der Waals surface area contributed by atoms with Crippen molar-refractivity contribution in [2.24, 2.45) is 0 Å². The number of ether oxygens (including phenoxy) is 1. The summed E-state index contributed by atoms with van der Waals surface area (Å²) in [5.41, 5.74) is 1.71. The third kappa shape index (κ3) is 6.12. The molecular formula is C22H24Cl2N2O3. The molecule has 0 unspecified atom stereocenters. The van der Waals surface area contributed by atoms with Gasteiger partial charge in [-0.2, -0.15) is 0 Å². The molecule has 0 spiro atoms. The summed E-state index contributed by atoms with van der Waals surface area (Å²) in [6.07, 6.45) is 5.44. The van der Waals surface area contributed by atoms with Crippen molar-refractivity contribution in [3.05, 3.63) is 57.6 Å². The van der Waals surface area contributed by atoms with E-state index < -0.39 is 0 Å². The van der Waals surface area contributed by atoms with Crippen LogP contribution < -0.4 is 15.4 Å². The average molecular weight is 435 g/mol. The largest absolute Gasteiger partial charge is 0.484 e. The van der Waals surface area contributed by atoms with Gasteiger partial charge in [-0.15, -0.1) is 0 Å². The van der Waals surface area contributed by atoms with Crippen molar-refractivity contribution in [3.8, 4) is 5.75 Å². The molecule has 2 amide bonds. The highest BCUT2D eigenvalue weighted by Gasteiger charge is 2.19. The Hall–Kier alpha value is -2.24. The second kappa shape index (κ2) is 9.99. The normalized spacial score (nSPS) is 14.3. The predicted octanol–water partition coefficient (Wildman–Crippen LogP) is 5.38. The van der Waals surface area contributed by atoms with E-state index in [2.05, 4.69) is 10.6 Å². The van der Waals surface area contributed by atoms with E-state index in [1.165, 1.54) is 6.42 Å². The Morgan fingerprint density at radius 1 is 1.03 bits per heavy atom. The van der Waals surface area contributed by atoms with Crippen molar-refractivity contribution >= 4 is 40.7 Å². The van der Waals surface area contributed by atoms with Gasteiger partial charge in [-0.1, -0.05) is 42.5 Å². The van der Waals surface area contributed by atoms with Crippen molar-refractivity contribution in [3.63, 3.8) is 0 Å². The number of halogens is 2. The molecule has 5 nitrogen and oxygen atoms in total. The van der Waals surface area contributed by atoms with E-state index in [1.807, 2.05) is 6.92 Å². The average Bonchev–Trinajstić information content (AvgIpc) is 2.71. The topological polar surface area (TPSA) is 67.4 Å². The molecule has 3 rings (SSSR count). The molecule has 1 aliphatic carbocycles. The van der Waals surface area contributed by atoms with Crippen LogP contribution in [0.4, 0.5) is 5.69 Å². The number of hydrogen-bond donors (Lipinski definition) is 2. The molecule has 0 aliphatic heterocycles. The highest BCUT2D eigenvalue weighted by Crippen LogP contribution is 2.23. The maximum atomic E-state index is 12.6. The van der Waals surface area contributed by atoms with Gasteiger partial charge in [0.15, 0.2) is 6.61 Å². The first-order valence-electron chi connectivity index (χ1n) is 9.71. The second-order valence-corrected chi connectivity index (χ2v) is 8.07. The van der Waals surface area contributed by atoms with E-state index in [1.54, 1.807) is 36.4 Å². The van der Waals surface area contributed by atoms with Gasteiger partial charge < -0.3 is 15.4 Å². The Bertz CT molecular complexity index is 896. The summed E-state index contributed by atoms with van der Waals surface area (Å²) in [5.74, 6) is 0.00941. The van der Waals surface area contributed by atoms with Gasteiger partial charge >= 0.3 is 0 Å². The highest BCUT2D eigenvalue weighted by molar-refractivity contribution is 6.34. The smallest absolute Gasteiger partial charge is 0.262 e. The Labute approximate surface area is 180 Å². The summed E-state index contributed by atoms with van der Waals surface area (Å²) in [7, 11) is 0. The number of benzene rings is 2.